The lowest BCUT2D eigenvalue weighted by atomic mass is 10.0. The van der Waals surface area contributed by atoms with Crippen LogP contribution in [0.3, 0.4) is 0 Å². The first-order chi connectivity index (χ1) is 14.5. The fourth-order valence-electron chi connectivity index (χ4n) is 2.71. The Balaban J connectivity index is 2.73. The summed E-state index contributed by atoms with van der Waals surface area (Å²) in [4.78, 5) is 48.0. The normalized spacial score (nSPS) is 13.7. The molecule has 3 amide bonds. The topological polar surface area (TPSA) is 171 Å². The first-order valence-corrected chi connectivity index (χ1v) is 10.4. The van der Waals surface area contributed by atoms with Gasteiger partial charge in [-0.25, -0.2) is 0 Å². The molecule has 0 saturated heterocycles. The Kier molecular flexibility index (Phi) is 10.8. The fourth-order valence-corrected chi connectivity index (χ4v) is 2.97. The molecule has 0 fully saturated rings. The maximum absolute atomic E-state index is 12.6. The number of carboxylic acids is 1. The zero-order valence-corrected chi connectivity index (χ0v) is 18.4. The Labute approximate surface area is 186 Å². The molecule has 11 heteroatoms. The summed E-state index contributed by atoms with van der Waals surface area (Å²) < 4.78 is 0. The van der Waals surface area contributed by atoms with Crippen molar-refractivity contribution in [3.05, 3.63) is 29.8 Å². The van der Waals surface area contributed by atoms with Crippen molar-refractivity contribution in [3.8, 4) is 5.75 Å². The fraction of sp³-hybridized carbons (Fsp3) is 0.500. The molecule has 1 aromatic carbocycles. The highest BCUT2D eigenvalue weighted by molar-refractivity contribution is 7.80. The summed E-state index contributed by atoms with van der Waals surface area (Å²) in [5, 5.41) is 25.3. The number of aromatic hydroxyl groups is 1. The van der Waals surface area contributed by atoms with E-state index in [1.165, 1.54) is 12.1 Å². The van der Waals surface area contributed by atoms with Crippen LogP contribution in [-0.2, 0) is 25.6 Å². The van der Waals surface area contributed by atoms with E-state index in [9.17, 15) is 24.3 Å². The largest absolute Gasteiger partial charge is 0.508 e. The lowest BCUT2D eigenvalue weighted by Crippen LogP contribution is -2.57. The molecule has 0 aliphatic heterocycles. The van der Waals surface area contributed by atoms with E-state index >= 15 is 0 Å². The van der Waals surface area contributed by atoms with E-state index in [0.717, 1.165) is 5.56 Å². The molecule has 0 aromatic heterocycles. The van der Waals surface area contributed by atoms with E-state index in [4.69, 9.17) is 10.8 Å². The van der Waals surface area contributed by atoms with Gasteiger partial charge in [0.25, 0.3) is 0 Å². The van der Waals surface area contributed by atoms with Gasteiger partial charge in [-0.1, -0.05) is 26.0 Å². The van der Waals surface area contributed by atoms with E-state index < -0.39 is 48.4 Å². The molecule has 3 atom stereocenters. The molecule has 31 heavy (non-hydrogen) atoms. The van der Waals surface area contributed by atoms with Gasteiger partial charge in [-0.05, 0) is 36.5 Å². The Morgan fingerprint density at radius 2 is 1.58 bits per heavy atom. The summed E-state index contributed by atoms with van der Waals surface area (Å²) in [6.07, 6.45) is 0.478. The third kappa shape index (κ3) is 9.71. The molecule has 0 saturated carbocycles. The minimum atomic E-state index is -1.20. The van der Waals surface area contributed by atoms with Crippen molar-refractivity contribution in [2.75, 3.05) is 12.3 Å². The maximum Gasteiger partial charge on any atom is 0.322 e. The minimum Gasteiger partial charge on any atom is -0.508 e. The number of aliphatic carboxylic acids is 1. The second kappa shape index (κ2) is 12.8. The summed E-state index contributed by atoms with van der Waals surface area (Å²) in [6.45, 7) is 3.13. The highest BCUT2D eigenvalue weighted by Crippen LogP contribution is 2.11. The van der Waals surface area contributed by atoms with Crippen LogP contribution >= 0.6 is 12.6 Å². The van der Waals surface area contributed by atoms with Gasteiger partial charge < -0.3 is 31.9 Å². The van der Waals surface area contributed by atoms with Crippen LogP contribution in [0.15, 0.2) is 24.3 Å². The monoisotopic (exact) mass is 454 g/mol. The number of phenolic OH excluding ortho intramolecular Hbond substituents is 1. The van der Waals surface area contributed by atoms with Gasteiger partial charge in [0.15, 0.2) is 0 Å². The quantitative estimate of drug-likeness (QED) is 0.207. The van der Waals surface area contributed by atoms with Gasteiger partial charge in [0.05, 0.1) is 6.04 Å². The standard InChI is InChI=1S/C20H30N4O6S/c1-11(2)7-15(19(29)22-9-17(26)27)23-20(30)16(10-31)24-18(28)14(21)8-12-3-5-13(25)6-4-12/h3-6,11,14-16,25,31H,7-10,21H2,1-2H3,(H,22,29)(H,23,30)(H,24,28)(H,26,27). The Morgan fingerprint density at radius 1 is 1.00 bits per heavy atom. The first-order valence-electron chi connectivity index (χ1n) is 9.78. The average Bonchev–Trinajstić information content (AvgIpc) is 2.70. The summed E-state index contributed by atoms with van der Waals surface area (Å²) in [5.41, 5.74) is 6.66. The van der Waals surface area contributed by atoms with Crippen LogP contribution in [0, 0.1) is 5.92 Å². The van der Waals surface area contributed by atoms with Gasteiger partial charge in [0.1, 0.15) is 24.4 Å². The number of nitrogens with two attached hydrogens (primary N) is 1. The molecule has 172 valence electrons. The SMILES string of the molecule is CC(C)CC(NC(=O)C(CS)NC(=O)C(N)Cc1ccc(O)cc1)C(=O)NCC(=O)O. The molecule has 10 nitrogen and oxygen atoms in total. The van der Waals surface area contributed by atoms with Crippen molar-refractivity contribution in [3.63, 3.8) is 0 Å². The zero-order chi connectivity index (χ0) is 23.6. The van der Waals surface area contributed by atoms with E-state index in [-0.39, 0.29) is 30.3 Å². The minimum absolute atomic E-state index is 0.0331. The Bertz CT molecular complexity index is 771. The second-order valence-corrected chi connectivity index (χ2v) is 7.89. The Hall–Kier alpha value is -2.79. The lowest BCUT2D eigenvalue weighted by molar-refractivity contribution is -0.138. The number of hydrogen-bond donors (Lipinski definition) is 7. The van der Waals surface area contributed by atoms with Gasteiger partial charge in [-0.3, -0.25) is 19.2 Å². The first kappa shape index (κ1) is 26.2. The van der Waals surface area contributed by atoms with Crippen LogP contribution in [0.4, 0.5) is 0 Å². The van der Waals surface area contributed by atoms with Gasteiger partial charge in [0, 0.05) is 5.75 Å². The number of amides is 3. The number of carbonyl (C=O) groups excluding carboxylic acids is 3. The van der Waals surface area contributed by atoms with Crippen molar-refractivity contribution >= 4 is 36.3 Å². The molecular weight excluding hydrogens is 424 g/mol. The molecule has 7 N–H and O–H groups in total. The second-order valence-electron chi connectivity index (χ2n) is 7.52. The van der Waals surface area contributed by atoms with Crippen LogP contribution in [0.2, 0.25) is 0 Å². The van der Waals surface area contributed by atoms with Crippen LogP contribution in [-0.4, -0.2) is 64.3 Å². The predicted octanol–water partition coefficient (Wildman–Crippen LogP) is -0.592. The van der Waals surface area contributed by atoms with Crippen molar-refractivity contribution in [1.29, 1.82) is 0 Å². The highest BCUT2D eigenvalue weighted by Gasteiger charge is 2.28. The van der Waals surface area contributed by atoms with Crippen LogP contribution in [0.1, 0.15) is 25.8 Å². The van der Waals surface area contributed by atoms with Gasteiger partial charge >= 0.3 is 5.97 Å². The number of rotatable bonds is 12. The summed E-state index contributed by atoms with van der Waals surface area (Å²) >= 11 is 4.10. The Morgan fingerprint density at radius 3 is 2.10 bits per heavy atom. The predicted molar refractivity (Wildman–Crippen MR) is 118 cm³/mol. The lowest BCUT2D eigenvalue weighted by Gasteiger charge is -2.24. The number of hydrogen-bond acceptors (Lipinski definition) is 7. The van der Waals surface area contributed by atoms with Crippen molar-refractivity contribution in [2.24, 2.45) is 11.7 Å². The summed E-state index contributed by atoms with van der Waals surface area (Å²) in [5.74, 6) is -2.92. The third-order valence-corrected chi connectivity index (χ3v) is 4.66. The van der Waals surface area contributed by atoms with Crippen LogP contribution in [0.25, 0.3) is 0 Å². The number of phenols is 1. The van der Waals surface area contributed by atoms with Crippen LogP contribution in [0.5, 0.6) is 5.75 Å². The third-order valence-electron chi connectivity index (χ3n) is 4.30. The van der Waals surface area contributed by atoms with Gasteiger partial charge in [-0.15, -0.1) is 0 Å². The van der Waals surface area contributed by atoms with Crippen LogP contribution < -0.4 is 21.7 Å². The average molecular weight is 455 g/mol. The zero-order valence-electron chi connectivity index (χ0n) is 17.5. The van der Waals surface area contributed by atoms with Crippen molar-refractivity contribution in [1.82, 2.24) is 16.0 Å². The highest BCUT2D eigenvalue weighted by atomic mass is 32.1. The number of carbonyl (C=O) groups is 4. The molecule has 0 aliphatic rings. The molecule has 3 unspecified atom stereocenters. The van der Waals surface area contributed by atoms with Gasteiger partial charge in [-0.2, -0.15) is 12.6 Å². The molecule has 0 spiro atoms. The van der Waals surface area contributed by atoms with E-state index in [1.807, 2.05) is 13.8 Å². The number of nitrogens with one attached hydrogen (secondary N) is 3. The summed E-state index contributed by atoms with van der Waals surface area (Å²) in [6, 6.07) is 3.29. The van der Waals surface area contributed by atoms with E-state index in [1.54, 1.807) is 12.1 Å². The maximum atomic E-state index is 12.6. The number of benzene rings is 1. The molecule has 1 aromatic rings. The molecule has 0 bridgehead atoms. The molecule has 1 rings (SSSR count). The number of thiol groups is 1. The molecule has 0 heterocycles. The molecule has 0 radical (unpaired) electrons. The summed E-state index contributed by atoms with van der Waals surface area (Å²) in [7, 11) is 0. The van der Waals surface area contributed by atoms with Crippen molar-refractivity contribution in [2.45, 2.75) is 44.8 Å². The van der Waals surface area contributed by atoms with E-state index in [0.29, 0.717) is 0 Å². The van der Waals surface area contributed by atoms with Crippen molar-refractivity contribution < 1.29 is 29.4 Å². The van der Waals surface area contributed by atoms with E-state index in [2.05, 4.69) is 28.6 Å². The molecular formula is C20H30N4O6S. The smallest absolute Gasteiger partial charge is 0.322 e. The number of carboxylic acid groups (broad SMARTS) is 1. The molecule has 0 aliphatic carbocycles. The van der Waals surface area contributed by atoms with Gasteiger partial charge in [0.2, 0.25) is 17.7 Å².